The predicted molar refractivity (Wildman–Crippen MR) is 59.6 cm³/mol. The van der Waals surface area contributed by atoms with E-state index in [4.69, 9.17) is 9.47 Å². The van der Waals surface area contributed by atoms with E-state index in [0.29, 0.717) is 5.75 Å². The van der Waals surface area contributed by atoms with Crippen LogP contribution in [0.4, 0.5) is 0 Å². The van der Waals surface area contributed by atoms with E-state index >= 15 is 0 Å². The van der Waals surface area contributed by atoms with Gasteiger partial charge >= 0.3 is 0 Å². The number of likely N-dealkylation sites (tertiary alicyclic amines) is 1. The first-order valence-electron chi connectivity index (χ1n) is 5.31. The van der Waals surface area contributed by atoms with Crippen LogP contribution in [-0.2, 0) is 9.59 Å². The molecule has 0 radical (unpaired) electrons. The first kappa shape index (κ1) is 11.4. The molecule has 1 heterocycles. The zero-order valence-corrected chi connectivity index (χ0v) is 9.51. The van der Waals surface area contributed by atoms with Crippen LogP contribution in [0.3, 0.4) is 0 Å². The largest absolute Gasteiger partial charge is 0.497 e. The Bertz CT molecular complexity index is 411. The Labute approximate surface area is 98.9 Å². The minimum absolute atomic E-state index is 0.0238. The van der Waals surface area contributed by atoms with Crippen LogP contribution < -0.4 is 9.47 Å². The number of amides is 2. The van der Waals surface area contributed by atoms with Gasteiger partial charge < -0.3 is 9.47 Å². The van der Waals surface area contributed by atoms with Gasteiger partial charge in [-0.15, -0.1) is 0 Å². The van der Waals surface area contributed by atoms with E-state index in [9.17, 15) is 9.59 Å². The third-order valence-electron chi connectivity index (χ3n) is 2.57. The Balaban J connectivity index is 1.93. The van der Waals surface area contributed by atoms with Crippen molar-refractivity contribution in [1.82, 2.24) is 4.90 Å². The Hall–Kier alpha value is -2.04. The first-order valence-corrected chi connectivity index (χ1v) is 5.31. The van der Waals surface area contributed by atoms with Crippen LogP contribution >= 0.6 is 0 Å². The minimum Gasteiger partial charge on any atom is -0.497 e. The maximum atomic E-state index is 11.3. The van der Waals surface area contributed by atoms with Gasteiger partial charge in [-0.1, -0.05) is 0 Å². The average molecular weight is 235 g/mol. The topological polar surface area (TPSA) is 55.8 Å². The number of nitrogens with zero attached hydrogens (tertiary/aromatic N) is 1. The number of hydrogen-bond donors (Lipinski definition) is 0. The number of ether oxygens (including phenoxy) is 2. The summed E-state index contributed by atoms with van der Waals surface area (Å²) in [6, 6.07) is 6.96. The molecule has 0 aromatic heterocycles. The molecule has 1 aromatic carbocycles. The first-order chi connectivity index (χ1) is 8.20. The third-order valence-corrected chi connectivity index (χ3v) is 2.57. The van der Waals surface area contributed by atoms with Crippen LogP contribution in [0.15, 0.2) is 24.3 Å². The second-order valence-electron chi connectivity index (χ2n) is 3.66. The lowest BCUT2D eigenvalue weighted by molar-refractivity contribution is -0.141. The predicted octanol–water partition coefficient (Wildman–Crippen LogP) is 1.18. The number of benzene rings is 1. The van der Waals surface area contributed by atoms with Gasteiger partial charge in [0.2, 0.25) is 11.8 Å². The van der Waals surface area contributed by atoms with Gasteiger partial charge in [-0.05, 0) is 24.3 Å². The van der Waals surface area contributed by atoms with E-state index in [1.54, 1.807) is 31.4 Å². The standard InChI is InChI=1S/C12H13NO4/c1-16-9-2-4-10(5-3-9)17-8-13-11(14)6-7-12(13)15/h2-5H,6-8H2,1H3. The molecule has 1 fully saturated rings. The maximum Gasteiger partial charge on any atom is 0.232 e. The lowest BCUT2D eigenvalue weighted by atomic mass is 10.3. The second-order valence-corrected chi connectivity index (χ2v) is 3.66. The molecule has 90 valence electrons. The molecule has 5 heteroatoms. The number of hydrogen-bond acceptors (Lipinski definition) is 4. The fourth-order valence-corrected chi connectivity index (χ4v) is 1.58. The van der Waals surface area contributed by atoms with Gasteiger partial charge in [-0.3, -0.25) is 9.59 Å². The smallest absolute Gasteiger partial charge is 0.232 e. The highest BCUT2D eigenvalue weighted by molar-refractivity contribution is 6.01. The van der Waals surface area contributed by atoms with E-state index < -0.39 is 0 Å². The molecule has 0 unspecified atom stereocenters. The quantitative estimate of drug-likeness (QED) is 0.735. The van der Waals surface area contributed by atoms with Gasteiger partial charge in [0.05, 0.1) is 7.11 Å². The molecule has 17 heavy (non-hydrogen) atoms. The zero-order valence-electron chi connectivity index (χ0n) is 9.51. The fourth-order valence-electron chi connectivity index (χ4n) is 1.58. The molecule has 0 spiro atoms. The highest BCUT2D eigenvalue weighted by Crippen LogP contribution is 2.18. The van der Waals surface area contributed by atoms with Crippen LogP contribution in [0, 0.1) is 0 Å². The number of methoxy groups -OCH3 is 1. The number of carbonyl (C=O) groups is 2. The zero-order chi connectivity index (χ0) is 12.3. The van der Waals surface area contributed by atoms with Crippen molar-refractivity contribution in [2.24, 2.45) is 0 Å². The Morgan fingerprint density at radius 2 is 1.59 bits per heavy atom. The summed E-state index contributed by atoms with van der Waals surface area (Å²) in [7, 11) is 1.58. The molecule has 2 amide bonds. The Morgan fingerprint density at radius 1 is 1.06 bits per heavy atom. The van der Waals surface area contributed by atoms with Gasteiger partial charge in [-0.2, -0.15) is 0 Å². The van der Waals surface area contributed by atoms with Crippen LogP contribution in [0.2, 0.25) is 0 Å². The van der Waals surface area contributed by atoms with Crippen molar-refractivity contribution in [1.29, 1.82) is 0 Å². The Kier molecular flexibility index (Phi) is 3.27. The fraction of sp³-hybridized carbons (Fsp3) is 0.333. The average Bonchev–Trinajstić information content (AvgIpc) is 2.67. The molecule has 0 N–H and O–H groups in total. The summed E-state index contributed by atoms with van der Waals surface area (Å²) in [5.41, 5.74) is 0. The summed E-state index contributed by atoms with van der Waals surface area (Å²) in [5.74, 6) is 0.969. The lowest BCUT2D eigenvalue weighted by Crippen LogP contribution is -2.32. The molecule has 1 aliphatic heterocycles. The van der Waals surface area contributed by atoms with E-state index in [2.05, 4.69) is 0 Å². The van der Waals surface area contributed by atoms with Crippen molar-refractivity contribution in [3.05, 3.63) is 24.3 Å². The van der Waals surface area contributed by atoms with Gasteiger partial charge in [-0.25, -0.2) is 4.90 Å². The third kappa shape index (κ3) is 2.55. The highest BCUT2D eigenvalue weighted by Gasteiger charge is 2.28. The van der Waals surface area contributed by atoms with E-state index in [0.717, 1.165) is 10.6 Å². The summed E-state index contributed by atoms with van der Waals surface area (Å²) in [6.07, 6.45) is 0.565. The summed E-state index contributed by atoms with van der Waals surface area (Å²) in [4.78, 5) is 23.8. The molecule has 1 aromatic rings. The van der Waals surface area contributed by atoms with Crippen molar-refractivity contribution in [2.75, 3.05) is 13.8 Å². The van der Waals surface area contributed by atoms with Gasteiger partial charge in [0, 0.05) is 12.8 Å². The molecule has 2 rings (SSSR count). The van der Waals surface area contributed by atoms with Crippen molar-refractivity contribution < 1.29 is 19.1 Å². The van der Waals surface area contributed by atoms with Crippen LogP contribution in [0.5, 0.6) is 11.5 Å². The SMILES string of the molecule is COc1ccc(OCN2C(=O)CCC2=O)cc1. The molecule has 0 bridgehead atoms. The van der Waals surface area contributed by atoms with Crippen molar-refractivity contribution >= 4 is 11.8 Å². The molecule has 5 nitrogen and oxygen atoms in total. The number of rotatable bonds is 4. The highest BCUT2D eigenvalue weighted by atomic mass is 16.5. The van der Waals surface area contributed by atoms with Crippen LogP contribution in [0.25, 0.3) is 0 Å². The summed E-state index contributed by atoms with van der Waals surface area (Å²) in [6.45, 7) is -0.0238. The molecule has 0 saturated carbocycles. The van der Waals surface area contributed by atoms with E-state index in [-0.39, 0.29) is 31.4 Å². The molecular weight excluding hydrogens is 222 g/mol. The molecular formula is C12H13NO4. The van der Waals surface area contributed by atoms with Gasteiger partial charge in [0.25, 0.3) is 0 Å². The van der Waals surface area contributed by atoms with E-state index in [1.807, 2.05) is 0 Å². The van der Waals surface area contributed by atoms with Gasteiger partial charge in [0.15, 0.2) is 6.73 Å². The maximum absolute atomic E-state index is 11.3. The number of imide groups is 1. The summed E-state index contributed by atoms with van der Waals surface area (Å²) >= 11 is 0. The normalized spacial score (nSPS) is 15.2. The molecule has 0 aliphatic carbocycles. The van der Waals surface area contributed by atoms with Crippen LogP contribution in [-0.4, -0.2) is 30.6 Å². The van der Waals surface area contributed by atoms with E-state index in [1.165, 1.54) is 0 Å². The molecule has 1 saturated heterocycles. The van der Waals surface area contributed by atoms with Crippen LogP contribution in [0.1, 0.15) is 12.8 Å². The van der Waals surface area contributed by atoms with Crippen molar-refractivity contribution in [3.8, 4) is 11.5 Å². The van der Waals surface area contributed by atoms with Crippen molar-refractivity contribution in [2.45, 2.75) is 12.8 Å². The minimum atomic E-state index is -0.177. The molecule has 1 aliphatic rings. The monoisotopic (exact) mass is 235 g/mol. The summed E-state index contributed by atoms with van der Waals surface area (Å²) < 4.78 is 10.4. The number of carbonyl (C=O) groups excluding carboxylic acids is 2. The second kappa shape index (κ2) is 4.86. The summed E-state index contributed by atoms with van der Waals surface area (Å²) in [5, 5.41) is 0. The van der Waals surface area contributed by atoms with Crippen molar-refractivity contribution in [3.63, 3.8) is 0 Å². The Morgan fingerprint density at radius 3 is 2.12 bits per heavy atom. The molecule has 0 atom stereocenters. The van der Waals surface area contributed by atoms with Gasteiger partial charge in [0.1, 0.15) is 11.5 Å². The lowest BCUT2D eigenvalue weighted by Gasteiger charge is -2.14.